The molecule has 0 amide bonds. The van der Waals surface area contributed by atoms with Gasteiger partial charge in [-0.3, -0.25) is 14.5 Å². The number of ketones is 2. The Morgan fingerprint density at radius 2 is 1.24 bits per heavy atom. The summed E-state index contributed by atoms with van der Waals surface area (Å²) >= 11 is 0. The third-order valence-corrected chi connectivity index (χ3v) is 6.04. The molecule has 6 heteroatoms. The predicted molar refractivity (Wildman–Crippen MR) is 92.4 cm³/mol. The second-order valence-corrected chi connectivity index (χ2v) is 7.78. The van der Waals surface area contributed by atoms with Crippen LogP contribution in [-0.2, 0) is 23.8 Å². The highest BCUT2D eigenvalue weighted by molar-refractivity contribution is 5.79. The summed E-state index contributed by atoms with van der Waals surface area (Å²) in [7, 11) is 0. The highest BCUT2D eigenvalue weighted by Gasteiger charge is 2.39. The molecule has 25 heavy (non-hydrogen) atoms. The highest BCUT2D eigenvalue weighted by atomic mass is 16.7. The Balaban J connectivity index is 0.000000150. The minimum Gasteiger partial charge on any atom is -0.379 e. The van der Waals surface area contributed by atoms with E-state index in [1.807, 2.05) is 0 Å². The van der Waals surface area contributed by atoms with Gasteiger partial charge in [0.2, 0.25) is 0 Å². The summed E-state index contributed by atoms with van der Waals surface area (Å²) in [6.07, 6.45) is 6.37. The normalized spacial score (nSPS) is 29.3. The van der Waals surface area contributed by atoms with Crippen LogP contribution in [0.2, 0.25) is 0 Å². The Kier molecular flexibility index (Phi) is 6.25. The molecule has 142 valence electrons. The van der Waals surface area contributed by atoms with Crippen molar-refractivity contribution in [2.75, 3.05) is 39.5 Å². The molecule has 0 atom stereocenters. The van der Waals surface area contributed by atoms with E-state index in [1.54, 1.807) is 0 Å². The maximum absolute atomic E-state index is 11.2. The predicted octanol–water partition coefficient (Wildman–Crippen LogP) is 2.09. The summed E-state index contributed by atoms with van der Waals surface area (Å²) in [5.74, 6) is 0.416. The number of morpholine rings is 1. The lowest BCUT2D eigenvalue weighted by Gasteiger charge is -2.45. The van der Waals surface area contributed by atoms with Crippen molar-refractivity contribution < 1.29 is 23.8 Å². The number of ether oxygens (including phenoxy) is 3. The summed E-state index contributed by atoms with van der Waals surface area (Å²) in [5, 5.41) is 0. The van der Waals surface area contributed by atoms with Crippen molar-refractivity contribution in [3.63, 3.8) is 0 Å². The van der Waals surface area contributed by atoms with Crippen LogP contribution in [0.15, 0.2) is 0 Å². The van der Waals surface area contributed by atoms with Crippen molar-refractivity contribution in [1.29, 1.82) is 0 Å². The van der Waals surface area contributed by atoms with E-state index >= 15 is 0 Å². The summed E-state index contributed by atoms with van der Waals surface area (Å²) in [6.45, 7) is 7.44. The number of rotatable bonds is 1. The lowest BCUT2D eigenvalue weighted by Crippen LogP contribution is -2.53. The average Bonchev–Trinajstić information content (AvgIpc) is 3.10. The lowest BCUT2D eigenvalue weighted by molar-refractivity contribution is -0.179. The number of nitrogens with zero attached hydrogens (tertiary/aromatic N) is 1. The van der Waals surface area contributed by atoms with E-state index in [9.17, 15) is 9.59 Å². The maximum Gasteiger partial charge on any atom is 0.169 e. The molecule has 4 rings (SSSR count). The van der Waals surface area contributed by atoms with Crippen molar-refractivity contribution in [1.82, 2.24) is 4.90 Å². The zero-order valence-corrected chi connectivity index (χ0v) is 15.4. The molecule has 4 aliphatic rings. The van der Waals surface area contributed by atoms with E-state index < -0.39 is 0 Å². The first-order chi connectivity index (χ1) is 12.0. The third-order valence-electron chi connectivity index (χ3n) is 6.04. The molecular weight excluding hydrogens is 322 g/mol. The second-order valence-electron chi connectivity index (χ2n) is 7.78. The smallest absolute Gasteiger partial charge is 0.169 e. The van der Waals surface area contributed by atoms with Crippen LogP contribution in [-0.4, -0.2) is 67.3 Å². The van der Waals surface area contributed by atoms with Crippen molar-refractivity contribution in [3.05, 3.63) is 0 Å². The molecule has 0 unspecified atom stereocenters. The lowest BCUT2D eigenvalue weighted by atomic mass is 9.81. The van der Waals surface area contributed by atoms with Gasteiger partial charge in [-0.25, -0.2) is 0 Å². The van der Waals surface area contributed by atoms with Crippen molar-refractivity contribution >= 4 is 11.6 Å². The molecule has 0 radical (unpaired) electrons. The van der Waals surface area contributed by atoms with E-state index in [0.717, 1.165) is 64.8 Å². The molecular formula is C19H31NO5. The van der Waals surface area contributed by atoms with Gasteiger partial charge in [0.25, 0.3) is 0 Å². The van der Waals surface area contributed by atoms with Gasteiger partial charge in [0.1, 0.15) is 11.6 Å². The van der Waals surface area contributed by atoms with Crippen molar-refractivity contribution in [2.24, 2.45) is 0 Å². The molecule has 2 aliphatic heterocycles. The van der Waals surface area contributed by atoms with Crippen LogP contribution in [0.4, 0.5) is 0 Å². The molecule has 4 fully saturated rings. The maximum atomic E-state index is 11.2. The molecule has 2 aliphatic carbocycles. The first-order valence-corrected chi connectivity index (χ1v) is 9.66. The topological polar surface area (TPSA) is 65.1 Å². The molecule has 0 bridgehead atoms. The van der Waals surface area contributed by atoms with Gasteiger partial charge in [0, 0.05) is 57.2 Å². The van der Waals surface area contributed by atoms with Crippen molar-refractivity contribution in [2.45, 2.75) is 69.6 Å². The van der Waals surface area contributed by atoms with Gasteiger partial charge < -0.3 is 14.2 Å². The number of carbonyl (C=O) groups is 2. The molecule has 0 aromatic carbocycles. The first kappa shape index (κ1) is 19.0. The van der Waals surface area contributed by atoms with Crippen LogP contribution < -0.4 is 0 Å². The number of hydrogen-bond donors (Lipinski definition) is 0. The SMILES string of the molecule is CC1(N2CCOCC2)CCC(=O)CC1.O=C1CCC2(CC1)OCCO2. The van der Waals surface area contributed by atoms with Gasteiger partial charge in [-0.05, 0) is 19.8 Å². The molecule has 0 N–H and O–H groups in total. The van der Waals surface area contributed by atoms with Crippen LogP contribution in [0, 0.1) is 0 Å². The van der Waals surface area contributed by atoms with Crippen LogP contribution in [0.25, 0.3) is 0 Å². The molecule has 0 aromatic rings. The van der Waals surface area contributed by atoms with Gasteiger partial charge in [0.15, 0.2) is 5.79 Å². The minimum absolute atomic E-state index is 0.262. The van der Waals surface area contributed by atoms with E-state index in [0.29, 0.717) is 37.6 Å². The van der Waals surface area contributed by atoms with Gasteiger partial charge in [-0.2, -0.15) is 0 Å². The van der Waals surface area contributed by atoms with Crippen LogP contribution in [0.1, 0.15) is 58.3 Å². The first-order valence-electron chi connectivity index (χ1n) is 9.66. The molecule has 2 saturated heterocycles. The number of carbonyl (C=O) groups excluding carboxylic acids is 2. The molecule has 2 saturated carbocycles. The Morgan fingerprint density at radius 3 is 1.76 bits per heavy atom. The molecule has 0 aromatic heterocycles. The van der Waals surface area contributed by atoms with Gasteiger partial charge in [-0.1, -0.05) is 0 Å². The fraction of sp³-hybridized carbons (Fsp3) is 0.895. The number of hydrogen-bond acceptors (Lipinski definition) is 6. The van der Waals surface area contributed by atoms with Crippen molar-refractivity contribution in [3.8, 4) is 0 Å². The van der Waals surface area contributed by atoms with Crippen LogP contribution in [0.3, 0.4) is 0 Å². The van der Waals surface area contributed by atoms with E-state index in [-0.39, 0.29) is 11.3 Å². The average molecular weight is 353 g/mol. The highest BCUT2D eigenvalue weighted by Crippen LogP contribution is 2.34. The standard InChI is InChI=1S/C11H19NO2.C8H12O3/c1-11(4-2-10(13)3-5-11)12-6-8-14-9-7-12;9-7-1-3-8(4-2-7)10-5-6-11-8/h2-9H2,1H3;1-6H2. The largest absolute Gasteiger partial charge is 0.379 e. The van der Waals surface area contributed by atoms with Crippen LogP contribution >= 0.6 is 0 Å². The van der Waals surface area contributed by atoms with E-state index in [1.165, 1.54) is 0 Å². The summed E-state index contributed by atoms with van der Waals surface area (Å²) in [4.78, 5) is 24.6. The van der Waals surface area contributed by atoms with Crippen LogP contribution in [0.5, 0.6) is 0 Å². The Hall–Kier alpha value is -0.820. The fourth-order valence-corrected chi connectivity index (χ4v) is 4.18. The Bertz CT molecular complexity index is 458. The summed E-state index contributed by atoms with van der Waals surface area (Å²) in [6, 6.07) is 0. The quantitative estimate of drug-likeness (QED) is 0.719. The number of Topliss-reactive ketones (excluding diaryl/α,β-unsaturated/α-hetero) is 2. The molecule has 1 spiro atoms. The minimum atomic E-state index is -0.367. The summed E-state index contributed by atoms with van der Waals surface area (Å²) < 4.78 is 16.3. The molecule has 6 nitrogen and oxygen atoms in total. The second kappa shape index (κ2) is 8.25. The zero-order valence-electron chi connectivity index (χ0n) is 15.4. The van der Waals surface area contributed by atoms with Gasteiger partial charge in [0.05, 0.1) is 26.4 Å². The third kappa shape index (κ3) is 4.88. The summed E-state index contributed by atoms with van der Waals surface area (Å²) in [5.41, 5.74) is 0.262. The Labute approximate surface area is 150 Å². The van der Waals surface area contributed by atoms with E-state index in [4.69, 9.17) is 14.2 Å². The fourth-order valence-electron chi connectivity index (χ4n) is 4.18. The van der Waals surface area contributed by atoms with Gasteiger partial charge in [-0.15, -0.1) is 0 Å². The van der Waals surface area contributed by atoms with E-state index in [2.05, 4.69) is 11.8 Å². The Morgan fingerprint density at radius 1 is 0.760 bits per heavy atom. The molecule has 2 heterocycles. The van der Waals surface area contributed by atoms with Gasteiger partial charge >= 0.3 is 0 Å². The monoisotopic (exact) mass is 353 g/mol. The zero-order chi connectivity index (χ0) is 17.8.